The predicted octanol–water partition coefficient (Wildman–Crippen LogP) is 5.04. The van der Waals surface area contributed by atoms with Crippen molar-refractivity contribution in [1.82, 2.24) is 4.90 Å². The largest absolute Gasteiger partial charge is 0.480 e. The van der Waals surface area contributed by atoms with Crippen LogP contribution in [0.2, 0.25) is 0 Å². The highest BCUT2D eigenvalue weighted by atomic mass is 31.1. The fourth-order valence-electron chi connectivity index (χ4n) is 5.37. The first-order valence-electron chi connectivity index (χ1n) is 13.1. The summed E-state index contributed by atoms with van der Waals surface area (Å²) in [5, 5.41) is 20.0. The van der Waals surface area contributed by atoms with E-state index in [1.165, 1.54) is 24.2 Å². The average molecular weight is 507 g/mol. The van der Waals surface area contributed by atoms with Crippen LogP contribution in [0, 0.1) is 17.8 Å². The Morgan fingerprint density at radius 1 is 1.11 bits per heavy atom. The van der Waals surface area contributed by atoms with E-state index in [4.69, 9.17) is 4.74 Å². The molecule has 1 heterocycles. The Balaban J connectivity index is 1.62. The quantitative estimate of drug-likeness (QED) is 0.304. The van der Waals surface area contributed by atoms with Crippen LogP contribution in [0.5, 0.6) is 0 Å². The summed E-state index contributed by atoms with van der Waals surface area (Å²) >= 11 is 0. The molecule has 1 amide bonds. The van der Waals surface area contributed by atoms with E-state index in [0.717, 1.165) is 24.8 Å². The lowest BCUT2D eigenvalue weighted by Gasteiger charge is -2.27. The summed E-state index contributed by atoms with van der Waals surface area (Å²) in [6.45, 7) is 4.06. The van der Waals surface area contributed by atoms with E-state index in [-0.39, 0.29) is 23.9 Å². The van der Waals surface area contributed by atoms with Crippen LogP contribution in [0.1, 0.15) is 70.8 Å². The standard InChI is InChI=1S/C27H40NO6P/c1-19(2)27(32)34-25(15-9-12-20-10-5-3-6-11-20)35(33)18-24(29)28-17-22(16-23(28)26(30)31)21-13-7-4-8-14-21/h3,5-6,10-11,19,21-23,25,27,32H,4,7-9,12-18H2,1-2H3/p+1/t22-,23+,25-,27+/m1/s1. The number of hydrogen-bond donors (Lipinski definition) is 2. The Labute approximate surface area is 210 Å². The van der Waals surface area contributed by atoms with Crippen LogP contribution >= 0.6 is 7.80 Å². The van der Waals surface area contributed by atoms with E-state index >= 15 is 0 Å². The molecule has 0 aromatic heterocycles. The number of benzene rings is 1. The van der Waals surface area contributed by atoms with Crippen LogP contribution in [0.3, 0.4) is 0 Å². The summed E-state index contributed by atoms with van der Waals surface area (Å²) in [6.07, 6.45) is 6.85. The molecule has 194 valence electrons. The lowest BCUT2D eigenvalue weighted by Crippen LogP contribution is -2.42. The summed E-state index contributed by atoms with van der Waals surface area (Å²) in [6, 6.07) is 9.12. The van der Waals surface area contributed by atoms with Crippen LogP contribution in [0.4, 0.5) is 0 Å². The Bertz CT molecular complexity index is 841. The van der Waals surface area contributed by atoms with Crippen molar-refractivity contribution in [2.75, 3.05) is 12.7 Å². The van der Waals surface area contributed by atoms with Crippen molar-refractivity contribution in [3.63, 3.8) is 0 Å². The maximum atomic E-state index is 13.3. The van der Waals surface area contributed by atoms with Crippen LogP contribution in [0.25, 0.3) is 0 Å². The zero-order valence-corrected chi connectivity index (χ0v) is 21.9. The SMILES string of the molecule is CC(C)[C@@H](O)O[C@@H](CCCc1ccccc1)[P+](=O)CC(=O)N1C[C@H](C2CCCCC2)C[C@H]1C(=O)O. The van der Waals surface area contributed by atoms with Gasteiger partial charge in [-0.2, -0.15) is 0 Å². The summed E-state index contributed by atoms with van der Waals surface area (Å²) < 4.78 is 19.0. The molecule has 35 heavy (non-hydrogen) atoms. The van der Waals surface area contributed by atoms with Gasteiger partial charge in [0.1, 0.15) is 6.04 Å². The smallest absolute Gasteiger partial charge is 0.380 e. The zero-order valence-electron chi connectivity index (χ0n) is 21.1. The Hall–Kier alpha value is -1.82. The van der Waals surface area contributed by atoms with Crippen LogP contribution in [-0.4, -0.2) is 57.9 Å². The number of carbonyl (C=O) groups is 2. The summed E-state index contributed by atoms with van der Waals surface area (Å²) in [4.78, 5) is 26.6. The molecule has 0 bridgehead atoms. The molecule has 0 spiro atoms. The van der Waals surface area contributed by atoms with E-state index in [1.807, 2.05) is 44.2 Å². The molecule has 2 aliphatic rings. The molecule has 1 aliphatic heterocycles. The van der Waals surface area contributed by atoms with Gasteiger partial charge < -0.3 is 19.8 Å². The molecular formula is C27H41NO6P+. The summed E-state index contributed by atoms with van der Waals surface area (Å²) in [5.41, 5.74) is 1.16. The second-order valence-corrected chi connectivity index (χ2v) is 12.2. The molecule has 1 unspecified atom stereocenters. The van der Waals surface area contributed by atoms with Gasteiger partial charge in [-0.05, 0) is 36.7 Å². The molecule has 5 atom stereocenters. The van der Waals surface area contributed by atoms with Gasteiger partial charge >= 0.3 is 13.8 Å². The molecule has 1 aliphatic carbocycles. The predicted molar refractivity (Wildman–Crippen MR) is 135 cm³/mol. The Kier molecular flexibility index (Phi) is 10.7. The van der Waals surface area contributed by atoms with Gasteiger partial charge in [0.15, 0.2) is 6.29 Å². The van der Waals surface area contributed by atoms with E-state index in [9.17, 15) is 24.4 Å². The van der Waals surface area contributed by atoms with Crippen molar-refractivity contribution in [3.8, 4) is 0 Å². The highest BCUT2D eigenvalue weighted by molar-refractivity contribution is 7.46. The lowest BCUT2D eigenvalue weighted by atomic mass is 9.79. The molecule has 3 rings (SSSR count). The van der Waals surface area contributed by atoms with Gasteiger partial charge in [0.2, 0.25) is 6.16 Å². The van der Waals surface area contributed by atoms with Gasteiger partial charge in [-0.3, -0.25) is 4.79 Å². The third-order valence-electron chi connectivity index (χ3n) is 7.49. The number of carboxylic acid groups (broad SMARTS) is 1. The van der Waals surface area contributed by atoms with E-state index in [0.29, 0.717) is 31.7 Å². The summed E-state index contributed by atoms with van der Waals surface area (Å²) in [7, 11) is -2.12. The first-order chi connectivity index (χ1) is 16.8. The highest BCUT2D eigenvalue weighted by Gasteiger charge is 2.45. The van der Waals surface area contributed by atoms with Gasteiger partial charge in [-0.1, -0.05) is 80.8 Å². The monoisotopic (exact) mass is 506 g/mol. The van der Waals surface area contributed by atoms with Gasteiger partial charge in [-0.25, -0.2) is 4.79 Å². The van der Waals surface area contributed by atoms with E-state index in [2.05, 4.69) is 0 Å². The molecule has 2 fully saturated rings. The Morgan fingerprint density at radius 2 is 1.80 bits per heavy atom. The van der Waals surface area contributed by atoms with E-state index < -0.39 is 31.9 Å². The van der Waals surface area contributed by atoms with Gasteiger partial charge in [0, 0.05) is 18.9 Å². The second kappa shape index (κ2) is 13.5. The fraction of sp³-hybridized carbons (Fsp3) is 0.704. The van der Waals surface area contributed by atoms with Crippen molar-refractivity contribution in [1.29, 1.82) is 0 Å². The fourth-order valence-corrected chi connectivity index (χ4v) is 6.76. The first-order valence-corrected chi connectivity index (χ1v) is 14.6. The minimum Gasteiger partial charge on any atom is -0.480 e. The molecule has 1 aromatic rings. The van der Waals surface area contributed by atoms with Crippen LogP contribution in [-0.2, 0) is 25.3 Å². The number of likely N-dealkylation sites (tertiary alicyclic amines) is 1. The Morgan fingerprint density at radius 3 is 2.43 bits per heavy atom. The number of amides is 1. The lowest BCUT2D eigenvalue weighted by molar-refractivity contribution is -0.147. The normalized spacial score (nSPS) is 23.3. The molecule has 1 saturated carbocycles. The maximum absolute atomic E-state index is 13.3. The van der Waals surface area contributed by atoms with Crippen molar-refractivity contribution >= 4 is 19.7 Å². The number of ether oxygens (including phenoxy) is 1. The molecule has 1 saturated heterocycles. The molecular weight excluding hydrogens is 465 g/mol. The minimum absolute atomic E-state index is 0.169. The molecule has 7 nitrogen and oxygen atoms in total. The minimum atomic E-state index is -2.12. The second-order valence-electron chi connectivity index (χ2n) is 10.5. The van der Waals surface area contributed by atoms with E-state index in [1.54, 1.807) is 0 Å². The van der Waals surface area contributed by atoms with Crippen LogP contribution in [0.15, 0.2) is 30.3 Å². The number of nitrogens with zero attached hydrogens (tertiary/aromatic N) is 1. The number of hydrogen-bond acceptors (Lipinski definition) is 5. The van der Waals surface area contributed by atoms with Crippen molar-refractivity contribution < 1.29 is 29.1 Å². The van der Waals surface area contributed by atoms with Crippen molar-refractivity contribution in [3.05, 3.63) is 35.9 Å². The first kappa shape index (κ1) is 27.8. The van der Waals surface area contributed by atoms with Gasteiger partial charge in [0.05, 0.1) is 0 Å². The molecule has 8 heteroatoms. The number of carboxylic acids is 1. The number of aryl methyl sites for hydroxylation is 1. The maximum Gasteiger partial charge on any atom is 0.380 e. The average Bonchev–Trinajstić information content (AvgIpc) is 3.30. The number of carbonyl (C=O) groups excluding carboxylic acids is 1. The number of aliphatic hydroxyl groups is 1. The summed E-state index contributed by atoms with van der Waals surface area (Å²) in [5.74, 6) is -1.64. The number of rotatable bonds is 12. The third kappa shape index (κ3) is 8.09. The molecule has 0 radical (unpaired) electrons. The van der Waals surface area contributed by atoms with Gasteiger partial charge in [-0.15, -0.1) is 0 Å². The number of aliphatic hydroxyl groups excluding tert-OH is 1. The van der Waals surface area contributed by atoms with Crippen molar-refractivity contribution in [2.24, 2.45) is 17.8 Å². The van der Waals surface area contributed by atoms with Crippen molar-refractivity contribution in [2.45, 2.75) is 89.8 Å². The number of aliphatic carboxylic acids is 1. The molecule has 1 aromatic carbocycles. The zero-order chi connectivity index (χ0) is 25.4. The van der Waals surface area contributed by atoms with Crippen LogP contribution < -0.4 is 0 Å². The molecule has 2 N–H and O–H groups in total. The van der Waals surface area contributed by atoms with Gasteiger partial charge in [0.25, 0.3) is 11.8 Å². The highest BCUT2D eigenvalue weighted by Crippen LogP contribution is 2.39. The third-order valence-corrected chi connectivity index (χ3v) is 9.10. The topological polar surface area (TPSA) is 104 Å².